The fourth-order valence-corrected chi connectivity index (χ4v) is 1.13. The molecule has 0 saturated carbocycles. The molecule has 76 valence electrons. The van der Waals surface area contributed by atoms with E-state index in [-0.39, 0.29) is 0 Å². The Morgan fingerprint density at radius 1 is 1.08 bits per heavy atom. The van der Waals surface area contributed by atoms with Crippen molar-refractivity contribution in [3.8, 4) is 0 Å². The summed E-state index contributed by atoms with van der Waals surface area (Å²) in [5.41, 5.74) is 1.37. The van der Waals surface area contributed by atoms with Gasteiger partial charge in [0.2, 0.25) is 0 Å². The van der Waals surface area contributed by atoms with E-state index in [1.165, 1.54) is 18.4 Å². The lowest BCUT2D eigenvalue weighted by molar-refractivity contribution is 0.502. The third kappa shape index (κ3) is 9.39. The van der Waals surface area contributed by atoms with Gasteiger partial charge in [0.15, 0.2) is 0 Å². The first-order chi connectivity index (χ1) is 6.02. The van der Waals surface area contributed by atoms with E-state index in [0.717, 1.165) is 11.8 Å². The quantitative estimate of drug-likeness (QED) is 0.543. The van der Waals surface area contributed by atoms with Crippen molar-refractivity contribution in [2.24, 2.45) is 11.8 Å². The Hall–Kier alpha value is -0.520. The van der Waals surface area contributed by atoms with Crippen LogP contribution < -0.4 is 0 Å². The highest BCUT2D eigenvalue weighted by Gasteiger charge is 1.98. The second-order valence-corrected chi connectivity index (χ2v) is 4.58. The minimum atomic E-state index is 0.720. The van der Waals surface area contributed by atoms with Gasteiger partial charge in [-0.05, 0) is 32.1 Å². The molecule has 0 aromatic heterocycles. The maximum Gasteiger partial charge on any atom is -0.0259 e. The summed E-state index contributed by atoms with van der Waals surface area (Å²) >= 11 is 0. The van der Waals surface area contributed by atoms with Crippen LogP contribution in [-0.4, -0.2) is 0 Å². The fourth-order valence-electron chi connectivity index (χ4n) is 1.13. The third-order valence-electron chi connectivity index (χ3n) is 2.07. The summed E-state index contributed by atoms with van der Waals surface area (Å²) in [4.78, 5) is 0. The molecule has 0 fully saturated rings. The van der Waals surface area contributed by atoms with Crippen molar-refractivity contribution in [2.45, 2.75) is 47.5 Å². The molecule has 0 aromatic rings. The standard InChI is InChI=1S/C13H24/c1-11(2)7-6-8-13(5)10-9-12(3)4/h6-8,12-13H,9-10H2,1-5H3/b8-6+. The molecule has 0 aliphatic heterocycles. The lowest BCUT2D eigenvalue weighted by Crippen LogP contribution is -1.93. The molecule has 0 aromatic carbocycles. The Bertz CT molecular complexity index is 168. The van der Waals surface area contributed by atoms with Crippen LogP contribution in [-0.2, 0) is 0 Å². The first-order valence-electron chi connectivity index (χ1n) is 5.34. The maximum absolute atomic E-state index is 2.30. The predicted octanol–water partition coefficient (Wildman–Crippen LogP) is 4.58. The molecule has 1 unspecified atom stereocenters. The summed E-state index contributed by atoms with van der Waals surface area (Å²) in [5, 5.41) is 0. The van der Waals surface area contributed by atoms with Gasteiger partial charge in [0.25, 0.3) is 0 Å². The highest BCUT2D eigenvalue weighted by Crippen LogP contribution is 2.12. The van der Waals surface area contributed by atoms with Crippen LogP contribution in [0.5, 0.6) is 0 Å². The van der Waals surface area contributed by atoms with Gasteiger partial charge in [0.1, 0.15) is 0 Å². The Morgan fingerprint density at radius 2 is 1.69 bits per heavy atom. The molecular weight excluding hydrogens is 156 g/mol. The Kier molecular flexibility index (Phi) is 6.66. The van der Waals surface area contributed by atoms with Crippen molar-refractivity contribution < 1.29 is 0 Å². The Labute approximate surface area is 83.7 Å². The highest BCUT2D eigenvalue weighted by molar-refractivity contribution is 5.08. The highest BCUT2D eigenvalue weighted by atomic mass is 14.0. The van der Waals surface area contributed by atoms with Crippen LogP contribution in [0.2, 0.25) is 0 Å². The normalized spacial score (nSPS) is 13.7. The first-order valence-corrected chi connectivity index (χ1v) is 5.34. The SMILES string of the molecule is CC(C)=C/C=C/C(C)CCC(C)C. The average Bonchev–Trinajstić information content (AvgIpc) is 2.00. The van der Waals surface area contributed by atoms with Crippen molar-refractivity contribution in [1.82, 2.24) is 0 Å². The molecule has 0 bridgehead atoms. The van der Waals surface area contributed by atoms with Crippen LogP contribution in [0.4, 0.5) is 0 Å². The predicted molar refractivity (Wildman–Crippen MR) is 61.8 cm³/mol. The smallest absolute Gasteiger partial charge is 0.0259 e. The Balaban J connectivity index is 3.67. The van der Waals surface area contributed by atoms with E-state index < -0.39 is 0 Å². The van der Waals surface area contributed by atoms with Crippen LogP contribution >= 0.6 is 0 Å². The molecule has 0 nitrogen and oxygen atoms in total. The van der Waals surface area contributed by atoms with Gasteiger partial charge in [-0.3, -0.25) is 0 Å². The molecule has 0 rings (SSSR count). The first kappa shape index (κ1) is 12.5. The van der Waals surface area contributed by atoms with Crippen LogP contribution in [0.1, 0.15) is 47.5 Å². The molecule has 0 amide bonds. The molecule has 0 saturated heterocycles. The number of rotatable bonds is 5. The van der Waals surface area contributed by atoms with Crippen molar-refractivity contribution in [3.63, 3.8) is 0 Å². The average molecular weight is 180 g/mol. The summed E-state index contributed by atoms with van der Waals surface area (Å²) in [5.74, 6) is 1.55. The van der Waals surface area contributed by atoms with E-state index in [2.05, 4.69) is 52.8 Å². The molecule has 13 heavy (non-hydrogen) atoms. The van der Waals surface area contributed by atoms with Crippen LogP contribution in [0.25, 0.3) is 0 Å². The molecule has 0 radical (unpaired) electrons. The van der Waals surface area contributed by atoms with Crippen molar-refractivity contribution >= 4 is 0 Å². The van der Waals surface area contributed by atoms with E-state index >= 15 is 0 Å². The van der Waals surface area contributed by atoms with Crippen LogP contribution in [0.15, 0.2) is 23.8 Å². The van der Waals surface area contributed by atoms with Crippen LogP contribution in [0, 0.1) is 11.8 Å². The molecule has 1 atom stereocenters. The van der Waals surface area contributed by atoms with Gasteiger partial charge in [-0.1, -0.05) is 51.0 Å². The van der Waals surface area contributed by atoms with E-state index in [1.807, 2.05) is 0 Å². The van der Waals surface area contributed by atoms with Crippen molar-refractivity contribution in [1.29, 1.82) is 0 Å². The summed E-state index contributed by atoms with van der Waals surface area (Å²) in [6, 6.07) is 0. The molecule has 0 spiro atoms. The fraction of sp³-hybridized carbons (Fsp3) is 0.692. The maximum atomic E-state index is 2.30. The van der Waals surface area contributed by atoms with Gasteiger partial charge in [0, 0.05) is 0 Å². The number of hydrogen-bond donors (Lipinski definition) is 0. The molecule has 0 heterocycles. The molecule has 0 aliphatic rings. The Morgan fingerprint density at radius 3 is 2.15 bits per heavy atom. The van der Waals surface area contributed by atoms with Gasteiger partial charge >= 0.3 is 0 Å². The van der Waals surface area contributed by atoms with E-state index in [4.69, 9.17) is 0 Å². The second-order valence-electron chi connectivity index (χ2n) is 4.58. The van der Waals surface area contributed by atoms with E-state index in [0.29, 0.717) is 0 Å². The molecular formula is C13H24. The topological polar surface area (TPSA) is 0 Å². The lowest BCUT2D eigenvalue weighted by atomic mass is 9.99. The second kappa shape index (κ2) is 6.94. The van der Waals surface area contributed by atoms with Gasteiger partial charge in [-0.15, -0.1) is 0 Å². The van der Waals surface area contributed by atoms with Crippen molar-refractivity contribution in [3.05, 3.63) is 23.8 Å². The van der Waals surface area contributed by atoms with Gasteiger partial charge < -0.3 is 0 Å². The van der Waals surface area contributed by atoms with Crippen LogP contribution in [0.3, 0.4) is 0 Å². The zero-order valence-corrected chi connectivity index (χ0v) is 9.80. The summed E-state index contributed by atoms with van der Waals surface area (Å²) in [7, 11) is 0. The number of hydrogen-bond acceptors (Lipinski definition) is 0. The third-order valence-corrected chi connectivity index (χ3v) is 2.07. The molecule has 0 aliphatic carbocycles. The van der Waals surface area contributed by atoms with E-state index in [1.54, 1.807) is 0 Å². The van der Waals surface area contributed by atoms with Crippen molar-refractivity contribution in [2.75, 3.05) is 0 Å². The van der Waals surface area contributed by atoms with Gasteiger partial charge in [-0.2, -0.15) is 0 Å². The summed E-state index contributed by atoms with van der Waals surface area (Å²) in [6.07, 6.45) is 9.30. The molecule has 0 heteroatoms. The largest absolute Gasteiger partial charge is 0.0817 e. The van der Waals surface area contributed by atoms with E-state index in [9.17, 15) is 0 Å². The minimum Gasteiger partial charge on any atom is -0.0817 e. The van der Waals surface area contributed by atoms with Gasteiger partial charge in [0.05, 0.1) is 0 Å². The molecule has 0 N–H and O–H groups in total. The van der Waals surface area contributed by atoms with Gasteiger partial charge in [-0.25, -0.2) is 0 Å². The monoisotopic (exact) mass is 180 g/mol. The number of allylic oxidation sites excluding steroid dienone is 4. The lowest BCUT2D eigenvalue weighted by Gasteiger charge is -2.07. The minimum absolute atomic E-state index is 0.720. The summed E-state index contributed by atoms with van der Waals surface area (Å²) in [6.45, 7) is 11.1. The zero-order valence-electron chi connectivity index (χ0n) is 9.80. The summed E-state index contributed by atoms with van der Waals surface area (Å²) < 4.78 is 0. The zero-order chi connectivity index (χ0) is 10.3.